The third-order valence-corrected chi connectivity index (χ3v) is 10.9. The Morgan fingerprint density at radius 3 is 1.42 bits per heavy atom. The Kier molecular flexibility index (Phi) is 9.06. The van der Waals surface area contributed by atoms with Crippen molar-refractivity contribution in [3.63, 3.8) is 0 Å². The summed E-state index contributed by atoms with van der Waals surface area (Å²) in [7, 11) is -3.59. The van der Waals surface area contributed by atoms with Gasteiger partial charge in [-0.15, -0.1) is 0 Å². The number of fused-ring (bicyclic) bond motifs is 4. The van der Waals surface area contributed by atoms with Gasteiger partial charge >= 0.3 is 11.3 Å². The quantitative estimate of drug-likeness (QED) is 0.124. The summed E-state index contributed by atoms with van der Waals surface area (Å²) in [5.41, 5.74) is -1.14. The predicted molar refractivity (Wildman–Crippen MR) is 175 cm³/mol. The number of hydrogen-bond acceptors (Lipinski definition) is 13. The van der Waals surface area contributed by atoms with Gasteiger partial charge in [0.1, 0.15) is 9.79 Å². The third-order valence-electron chi connectivity index (χ3n) is 7.76. The number of rotatable bonds is 14. The highest BCUT2D eigenvalue weighted by Gasteiger charge is 2.29. The number of sulfonamides is 2. The van der Waals surface area contributed by atoms with Crippen LogP contribution >= 0.6 is 0 Å². The zero-order chi connectivity index (χ0) is 34.2. The fourth-order valence-electron chi connectivity index (χ4n) is 5.67. The second kappa shape index (κ2) is 13.1. The molecule has 15 nitrogen and oxygen atoms in total. The normalized spacial score (nSPS) is 12.6. The molecule has 254 valence electrons. The van der Waals surface area contributed by atoms with Gasteiger partial charge in [0.05, 0.1) is 26.7 Å². The second-order valence-corrected chi connectivity index (χ2v) is 14.3. The van der Waals surface area contributed by atoms with Crippen molar-refractivity contribution in [3.8, 4) is 11.5 Å². The van der Waals surface area contributed by atoms with E-state index in [1.54, 1.807) is 0 Å². The lowest BCUT2D eigenvalue weighted by Gasteiger charge is -2.17. The molecule has 6 rings (SSSR count). The topological polar surface area (TPSA) is 201 Å². The van der Waals surface area contributed by atoms with Gasteiger partial charge in [-0.1, -0.05) is 0 Å². The maximum absolute atomic E-state index is 13.5. The highest BCUT2D eigenvalue weighted by atomic mass is 32.2. The summed E-state index contributed by atoms with van der Waals surface area (Å²) < 4.78 is 91.4. The first kappa shape index (κ1) is 33.2. The van der Waals surface area contributed by atoms with E-state index in [2.05, 4.69) is 9.44 Å². The summed E-state index contributed by atoms with van der Waals surface area (Å²) in [6.07, 6.45) is 3.55. The first-order valence-corrected chi connectivity index (χ1v) is 17.6. The molecule has 0 spiro atoms. The van der Waals surface area contributed by atoms with Crippen molar-refractivity contribution >= 4 is 63.9 Å². The molecule has 0 amide bonds. The minimum atomic E-state index is -4.08. The average Bonchev–Trinajstić information content (AvgIpc) is 3.73. The number of nitrogens with one attached hydrogen (secondary N) is 2. The van der Waals surface area contributed by atoms with Crippen LogP contribution in [0.25, 0.3) is 43.9 Å². The van der Waals surface area contributed by atoms with Gasteiger partial charge in [0.25, 0.3) is 0 Å². The molecule has 48 heavy (non-hydrogen) atoms. The maximum atomic E-state index is 13.5. The molecular weight excluding hydrogens is 670 g/mol. The molecule has 4 aromatic heterocycles. The lowest BCUT2D eigenvalue weighted by molar-refractivity contribution is 0.325. The zero-order valence-corrected chi connectivity index (χ0v) is 27.7. The Bertz CT molecular complexity index is 2320. The molecule has 0 saturated carbocycles. The molecule has 17 heteroatoms. The van der Waals surface area contributed by atoms with Crippen LogP contribution in [0.2, 0.25) is 0 Å². The zero-order valence-electron chi connectivity index (χ0n) is 26.0. The SMILES string of the molecule is COc1c2occc2c(S(=O)(=O)NCCCN(C)CCCNS(=O)(=O)c2c3ccoc3c(OC)c3oc(=O)ccc23)c2ccc(=O)oc12. The fourth-order valence-corrected chi connectivity index (χ4v) is 8.59. The van der Waals surface area contributed by atoms with Gasteiger partial charge in [0.15, 0.2) is 22.3 Å². The van der Waals surface area contributed by atoms with Crippen LogP contribution in [0.1, 0.15) is 12.8 Å². The lowest BCUT2D eigenvalue weighted by Crippen LogP contribution is -2.31. The average molecular weight is 702 g/mol. The van der Waals surface area contributed by atoms with E-state index in [1.807, 2.05) is 11.9 Å². The van der Waals surface area contributed by atoms with Crippen LogP contribution in [-0.4, -0.2) is 69.2 Å². The van der Waals surface area contributed by atoms with E-state index in [-0.39, 0.29) is 78.3 Å². The smallest absolute Gasteiger partial charge is 0.336 e. The Balaban J connectivity index is 1.07. The molecule has 2 aromatic carbocycles. The molecule has 0 aliphatic rings. The highest BCUT2D eigenvalue weighted by molar-refractivity contribution is 7.90. The van der Waals surface area contributed by atoms with Gasteiger partial charge in [-0.25, -0.2) is 35.9 Å². The largest absolute Gasteiger partial charge is 0.490 e. The van der Waals surface area contributed by atoms with E-state index >= 15 is 0 Å². The Morgan fingerprint density at radius 1 is 0.625 bits per heavy atom. The van der Waals surface area contributed by atoms with Crippen molar-refractivity contribution < 1.29 is 44.0 Å². The van der Waals surface area contributed by atoms with Crippen molar-refractivity contribution in [2.24, 2.45) is 0 Å². The Hall–Kier alpha value is -4.68. The van der Waals surface area contributed by atoms with E-state index in [0.717, 1.165) is 12.1 Å². The number of furan rings is 2. The van der Waals surface area contributed by atoms with Gasteiger partial charge in [0, 0.05) is 46.8 Å². The van der Waals surface area contributed by atoms with Gasteiger partial charge < -0.3 is 32.0 Å². The van der Waals surface area contributed by atoms with Gasteiger partial charge in [-0.05, 0) is 57.2 Å². The molecule has 6 aromatic rings. The summed E-state index contributed by atoms with van der Waals surface area (Å²) in [6, 6.07) is 8.03. The van der Waals surface area contributed by atoms with E-state index < -0.39 is 31.3 Å². The molecular formula is C31H31N3O12S2. The first-order valence-electron chi connectivity index (χ1n) is 14.7. The minimum absolute atomic E-state index is 0.0378. The van der Waals surface area contributed by atoms with Crippen LogP contribution in [0, 0.1) is 0 Å². The first-order chi connectivity index (χ1) is 23.0. The van der Waals surface area contributed by atoms with Crippen molar-refractivity contribution in [2.45, 2.75) is 22.6 Å². The Morgan fingerprint density at radius 2 is 1.02 bits per heavy atom. The van der Waals surface area contributed by atoms with Crippen LogP contribution in [0.15, 0.2) is 86.0 Å². The van der Waals surface area contributed by atoms with Crippen molar-refractivity contribution in [2.75, 3.05) is 47.4 Å². The summed E-state index contributed by atoms with van der Waals surface area (Å²) in [5, 5.41) is 0.906. The lowest BCUT2D eigenvalue weighted by atomic mass is 10.1. The third kappa shape index (κ3) is 6.06. The van der Waals surface area contributed by atoms with Gasteiger partial charge in [0.2, 0.25) is 31.5 Å². The number of benzene rings is 2. The molecule has 0 atom stereocenters. The van der Waals surface area contributed by atoms with Crippen LogP contribution in [0.3, 0.4) is 0 Å². The van der Waals surface area contributed by atoms with Gasteiger partial charge in [-0.3, -0.25) is 0 Å². The van der Waals surface area contributed by atoms with Crippen molar-refractivity contribution in [3.05, 3.63) is 69.8 Å². The van der Waals surface area contributed by atoms with E-state index in [4.69, 9.17) is 27.1 Å². The number of hydrogen-bond donors (Lipinski definition) is 2. The summed E-state index contributed by atoms with van der Waals surface area (Å²) in [6.45, 7) is 1.22. The summed E-state index contributed by atoms with van der Waals surface area (Å²) >= 11 is 0. The van der Waals surface area contributed by atoms with Crippen LogP contribution in [-0.2, 0) is 20.0 Å². The number of methoxy groups -OCH3 is 2. The molecule has 0 saturated heterocycles. The fraction of sp³-hybridized carbons (Fsp3) is 0.290. The summed E-state index contributed by atoms with van der Waals surface area (Å²) in [5.74, 6) is 0.233. The molecule has 0 aliphatic carbocycles. The molecule has 2 N–H and O–H groups in total. The predicted octanol–water partition coefficient (Wildman–Crippen LogP) is 3.38. The van der Waals surface area contributed by atoms with Crippen molar-refractivity contribution in [1.82, 2.24) is 14.3 Å². The van der Waals surface area contributed by atoms with Gasteiger partial charge in [-0.2, -0.15) is 0 Å². The van der Waals surface area contributed by atoms with Crippen LogP contribution in [0.5, 0.6) is 11.5 Å². The molecule has 0 fully saturated rings. The minimum Gasteiger partial charge on any atom is -0.490 e. The molecule has 0 unspecified atom stereocenters. The molecule has 0 bridgehead atoms. The molecule has 0 radical (unpaired) electrons. The number of ether oxygens (including phenoxy) is 2. The monoisotopic (exact) mass is 701 g/mol. The van der Waals surface area contributed by atoms with Crippen molar-refractivity contribution in [1.29, 1.82) is 0 Å². The van der Waals surface area contributed by atoms with Crippen LogP contribution < -0.4 is 30.2 Å². The standard InChI is InChI=1S/C31H31N3O12S2/c1-34(14-4-12-32-47(37,38)30-18-6-8-22(35)45-26(18)28(41-2)24-20(30)10-16-43-24)15-5-13-33-48(39,40)31-19-7-9-23(36)46-27(19)29(42-3)25-21(31)11-17-44-25/h6-11,16-17,32-33H,4-5,12-15H2,1-3H3. The Labute approximate surface area is 273 Å². The summed E-state index contributed by atoms with van der Waals surface area (Å²) in [4.78, 5) is 25.6. The van der Waals surface area contributed by atoms with E-state index in [1.165, 1.54) is 51.0 Å². The maximum Gasteiger partial charge on any atom is 0.336 e. The van der Waals surface area contributed by atoms with E-state index in [0.29, 0.717) is 25.9 Å². The second-order valence-electron chi connectivity index (χ2n) is 10.9. The van der Waals surface area contributed by atoms with E-state index in [9.17, 15) is 26.4 Å². The number of nitrogens with zero attached hydrogens (tertiary/aromatic N) is 1. The molecule has 0 aliphatic heterocycles. The highest BCUT2D eigenvalue weighted by Crippen LogP contribution is 2.41. The molecule has 4 heterocycles. The van der Waals surface area contributed by atoms with Crippen LogP contribution in [0.4, 0.5) is 0 Å².